The van der Waals surface area contributed by atoms with Gasteiger partial charge in [-0.3, -0.25) is 4.55 Å². The first-order chi connectivity index (χ1) is 12.4. The zero-order valence-corrected chi connectivity index (χ0v) is 18.8. The smallest absolute Gasteiger partial charge is 0.870 e. The number of unbranched alkanes of at least 4 members (excludes halogenated alkanes) is 5. The van der Waals surface area contributed by atoms with Crippen LogP contribution in [0.5, 0.6) is 17.2 Å². The van der Waals surface area contributed by atoms with Gasteiger partial charge in [-0.2, -0.15) is 8.42 Å². The predicted molar refractivity (Wildman–Crippen MR) is 99.3 cm³/mol. The van der Waals surface area contributed by atoms with E-state index in [0.717, 1.165) is 25.3 Å². The number of benzene rings is 2. The molecule has 0 saturated carbocycles. The van der Waals surface area contributed by atoms with Gasteiger partial charge >= 0.3 is 29.6 Å². The average Bonchev–Trinajstić information content (AvgIpc) is 2.60. The predicted octanol–water partition coefficient (Wildman–Crippen LogP) is 1.71. The molecule has 7 heteroatoms. The molecule has 0 spiro atoms. The second kappa shape index (κ2) is 11.7. The fourth-order valence-corrected chi connectivity index (χ4v) is 3.33. The zero-order chi connectivity index (χ0) is 19.0. The van der Waals surface area contributed by atoms with Crippen LogP contribution in [0.4, 0.5) is 0 Å². The van der Waals surface area contributed by atoms with Gasteiger partial charge in [0.1, 0.15) is 11.5 Å². The van der Waals surface area contributed by atoms with E-state index in [1.54, 1.807) is 24.3 Å². The maximum Gasteiger partial charge on any atom is 1.00 e. The van der Waals surface area contributed by atoms with Gasteiger partial charge in [-0.15, -0.1) is 0 Å². The third-order valence-electron chi connectivity index (χ3n) is 4.17. The molecule has 0 fully saturated rings. The van der Waals surface area contributed by atoms with Crippen molar-refractivity contribution >= 4 is 10.1 Å². The summed E-state index contributed by atoms with van der Waals surface area (Å²) in [4.78, 5) is -0.385. The maximum absolute atomic E-state index is 12.4. The minimum absolute atomic E-state index is 0. The molecule has 0 bridgehead atoms. The van der Waals surface area contributed by atoms with Gasteiger partial charge in [0.25, 0.3) is 10.1 Å². The Morgan fingerprint density at radius 2 is 1.63 bits per heavy atom. The van der Waals surface area contributed by atoms with Crippen LogP contribution in [-0.4, -0.2) is 13.0 Å². The summed E-state index contributed by atoms with van der Waals surface area (Å²) >= 11 is 0. The number of hydrogen-bond acceptors (Lipinski definition) is 4. The van der Waals surface area contributed by atoms with Crippen LogP contribution in [0.15, 0.2) is 47.4 Å². The van der Waals surface area contributed by atoms with Crippen LogP contribution in [0, 0.1) is 0 Å². The Bertz CT molecular complexity index is 807. The molecule has 0 aliphatic heterocycles. The first-order valence-corrected chi connectivity index (χ1v) is 10.4. The van der Waals surface area contributed by atoms with Gasteiger partial charge in [-0.1, -0.05) is 63.0 Å². The molecule has 0 atom stereocenters. The summed E-state index contributed by atoms with van der Waals surface area (Å²) in [7, 11) is -4.44. The van der Waals surface area contributed by atoms with E-state index in [1.165, 1.54) is 25.3 Å². The van der Waals surface area contributed by atoms with Gasteiger partial charge in [0.05, 0.1) is 4.90 Å². The normalized spacial score (nSPS) is 11.0. The van der Waals surface area contributed by atoms with Crippen LogP contribution in [0.3, 0.4) is 0 Å². The van der Waals surface area contributed by atoms with Crippen LogP contribution in [0.25, 0.3) is 0 Å². The van der Waals surface area contributed by atoms with Crippen LogP contribution < -0.4 is 39.4 Å². The third kappa shape index (κ3) is 7.84. The maximum atomic E-state index is 12.4. The zero-order valence-electron chi connectivity index (χ0n) is 16.0. The Morgan fingerprint density at radius 3 is 2.26 bits per heavy atom. The Hall–Kier alpha value is -1.05. The molecule has 2 rings (SSSR count). The van der Waals surface area contributed by atoms with E-state index in [-0.39, 0.29) is 40.2 Å². The third-order valence-corrected chi connectivity index (χ3v) is 5.00. The SMILES string of the molecule is CCCCCCCCc1cc(S(=O)(=O)O)cc([O-])c1Oc1ccccc1.[Na+]. The van der Waals surface area contributed by atoms with Crippen LogP contribution >= 0.6 is 0 Å². The Kier molecular flexibility index (Phi) is 10.4. The molecule has 0 unspecified atom stereocenters. The second-order valence-electron chi connectivity index (χ2n) is 6.32. The molecule has 0 aliphatic carbocycles. The summed E-state index contributed by atoms with van der Waals surface area (Å²) < 4.78 is 37.9. The van der Waals surface area contributed by atoms with Crippen molar-refractivity contribution in [1.29, 1.82) is 0 Å². The second-order valence-corrected chi connectivity index (χ2v) is 7.74. The molecule has 2 aromatic rings. The summed E-state index contributed by atoms with van der Waals surface area (Å²) in [5.74, 6) is 0.0792. The average molecular weight is 400 g/mol. The molecule has 0 amide bonds. The Balaban J connectivity index is 0.00000364. The van der Waals surface area contributed by atoms with Crippen molar-refractivity contribution in [3.8, 4) is 17.2 Å². The number of para-hydroxylation sites is 1. The van der Waals surface area contributed by atoms with Crippen molar-refractivity contribution in [1.82, 2.24) is 0 Å². The summed E-state index contributed by atoms with van der Waals surface area (Å²) in [5.41, 5.74) is 0.504. The molecule has 0 radical (unpaired) electrons. The molecule has 142 valence electrons. The van der Waals surface area contributed by atoms with Gasteiger partial charge in [-0.05, 0) is 42.7 Å². The van der Waals surface area contributed by atoms with Crippen molar-refractivity contribution < 1.29 is 52.4 Å². The number of hydrogen-bond donors (Lipinski definition) is 1. The van der Waals surface area contributed by atoms with E-state index in [9.17, 15) is 18.1 Å². The van der Waals surface area contributed by atoms with Gasteiger partial charge in [0.15, 0.2) is 0 Å². The number of ether oxygens (including phenoxy) is 1. The molecule has 27 heavy (non-hydrogen) atoms. The fraction of sp³-hybridized carbons (Fsp3) is 0.400. The molecule has 5 nitrogen and oxygen atoms in total. The van der Waals surface area contributed by atoms with Gasteiger partial charge < -0.3 is 9.84 Å². The van der Waals surface area contributed by atoms with E-state index in [0.29, 0.717) is 17.7 Å². The van der Waals surface area contributed by atoms with E-state index in [2.05, 4.69) is 6.92 Å². The van der Waals surface area contributed by atoms with Crippen molar-refractivity contribution in [2.45, 2.75) is 56.8 Å². The molecule has 0 heterocycles. The van der Waals surface area contributed by atoms with Crippen molar-refractivity contribution in [3.05, 3.63) is 48.0 Å². The molecule has 0 aliphatic rings. The molecule has 0 aromatic heterocycles. The van der Waals surface area contributed by atoms with Crippen molar-refractivity contribution in [2.24, 2.45) is 0 Å². The van der Waals surface area contributed by atoms with E-state index < -0.39 is 15.9 Å². The van der Waals surface area contributed by atoms with Gasteiger partial charge in [-0.25, -0.2) is 0 Å². The minimum Gasteiger partial charge on any atom is -0.870 e. The van der Waals surface area contributed by atoms with Crippen LogP contribution in [-0.2, 0) is 16.5 Å². The summed E-state index contributed by atoms with van der Waals surface area (Å²) in [6.45, 7) is 2.16. The van der Waals surface area contributed by atoms with E-state index in [1.807, 2.05) is 6.07 Å². The monoisotopic (exact) mass is 400 g/mol. The summed E-state index contributed by atoms with van der Waals surface area (Å²) in [5, 5.41) is 12.4. The van der Waals surface area contributed by atoms with Crippen LogP contribution in [0.1, 0.15) is 51.0 Å². The first-order valence-electron chi connectivity index (χ1n) is 8.96. The van der Waals surface area contributed by atoms with E-state index in [4.69, 9.17) is 4.74 Å². The fourth-order valence-electron chi connectivity index (χ4n) is 2.78. The first kappa shape index (κ1) is 24.0. The molecule has 0 saturated heterocycles. The van der Waals surface area contributed by atoms with Crippen molar-refractivity contribution in [2.75, 3.05) is 0 Å². The molecular weight excluding hydrogens is 375 g/mol. The van der Waals surface area contributed by atoms with E-state index >= 15 is 0 Å². The largest absolute Gasteiger partial charge is 1.00 e. The van der Waals surface area contributed by atoms with Crippen molar-refractivity contribution in [3.63, 3.8) is 0 Å². The van der Waals surface area contributed by atoms with Gasteiger partial charge in [0, 0.05) is 0 Å². The standard InChI is InChI=1S/C20H26O5S.Na/c1-2-3-4-5-6-8-11-16-14-18(26(22,23)24)15-19(21)20(16)25-17-12-9-7-10-13-17;/h7,9-10,12-15,21H,2-6,8,11H2,1H3,(H,22,23,24);/q;+1/p-1. The minimum atomic E-state index is -4.44. The molecular formula is C20H25NaO5S. The van der Waals surface area contributed by atoms with Crippen LogP contribution in [0.2, 0.25) is 0 Å². The Morgan fingerprint density at radius 1 is 1.00 bits per heavy atom. The summed E-state index contributed by atoms with van der Waals surface area (Å²) in [6.07, 6.45) is 6.98. The Labute approximate surface area is 183 Å². The number of rotatable bonds is 10. The summed E-state index contributed by atoms with van der Waals surface area (Å²) in [6, 6.07) is 11.1. The molecule has 2 aromatic carbocycles. The topological polar surface area (TPSA) is 86.7 Å². The molecule has 1 N–H and O–H groups in total. The van der Waals surface area contributed by atoms with Gasteiger partial charge in [0.2, 0.25) is 0 Å². The quantitative estimate of drug-likeness (QED) is 0.373. The number of aryl methyl sites for hydroxylation is 1.